The van der Waals surface area contributed by atoms with E-state index >= 15 is 0 Å². The van der Waals surface area contributed by atoms with Crippen molar-refractivity contribution in [2.45, 2.75) is 32.8 Å². The number of hydrogen-bond donors (Lipinski definition) is 0. The van der Waals surface area contributed by atoms with Crippen molar-refractivity contribution in [2.75, 3.05) is 6.61 Å². The lowest BCUT2D eigenvalue weighted by Gasteiger charge is -2.19. The number of carbonyl (C=O) groups excluding carboxylic acids is 1. The third-order valence-corrected chi connectivity index (χ3v) is 2.87. The highest BCUT2D eigenvalue weighted by Crippen LogP contribution is 2.17. The third-order valence-electron chi connectivity index (χ3n) is 2.87. The van der Waals surface area contributed by atoms with E-state index < -0.39 is 6.10 Å². The van der Waals surface area contributed by atoms with E-state index in [1.165, 1.54) is 5.56 Å². The highest BCUT2D eigenvalue weighted by atomic mass is 16.7. The first-order valence-corrected chi connectivity index (χ1v) is 6.17. The second-order valence-electron chi connectivity index (χ2n) is 4.29. The number of ether oxygens (including phenoxy) is 1. The molecule has 0 N–H and O–H groups in total. The Hall–Kier alpha value is -1.84. The van der Waals surface area contributed by atoms with E-state index in [1.807, 2.05) is 31.2 Å². The Bertz CT molecular complexity index is 451. The molecule has 4 nitrogen and oxygen atoms in total. The fourth-order valence-electron chi connectivity index (χ4n) is 1.83. The molecule has 1 aliphatic rings. The standard InChI is InChI=1S/C14H17NO3/c1-3-17-14(16)13-9-8-12(15-18-13)11-6-4-10(2)5-7-11/h4-7,13H,3,8-9H2,1-2H3. The predicted octanol–water partition coefficient (Wildman–Crippen LogP) is 2.44. The summed E-state index contributed by atoms with van der Waals surface area (Å²) >= 11 is 0. The van der Waals surface area contributed by atoms with Crippen LogP contribution in [0.2, 0.25) is 0 Å². The van der Waals surface area contributed by atoms with Crippen molar-refractivity contribution >= 4 is 11.7 Å². The highest BCUT2D eigenvalue weighted by molar-refractivity contribution is 6.00. The quantitative estimate of drug-likeness (QED) is 0.771. The molecule has 0 saturated carbocycles. The number of carbonyl (C=O) groups is 1. The summed E-state index contributed by atoms with van der Waals surface area (Å²) in [6.07, 6.45) is 0.789. The smallest absolute Gasteiger partial charge is 0.350 e. The predicted molar refractivity (Wildman–Crippen MR) is 68.5 cm³/mol. The van der Waals surface area contributed by atoms with Crippen molar-refractivity contribution in [2.24, 2.45) is 5.16 Å². The van der Waals surface area contributed by atoms with Gasteiger partial charge in [0.1, 0.15) is 0 Å². The van der Waals surface area contributed by atoms with Crippen molar-refractivity contribution < 1.29 is 14.4 Å². The second kappa shape index (κ2) is 5.67. The maximum atomic E-state index is 11.5. The molecule has 0 saturated heterocycles. The highest BCUT2D eigenvalue weighted by Gasteiger charge is 2.26. The third kappa shape index (κ3) is 2.88. The molecule has 1 aliphatic heterocycles. The number of esters is 1. The van der Waals surface area contributed by atoms with Crippen LogP contribution in [0.25, 0.3) is 0 Å². The maximum Gasteiger partial charge on any atom is 0.350 e. The first-order valence-electron chi connectivity index (χ1n) is 6.17. The van der Waals surface area contributed by atoms with E-state index in [1.54, 1.807) is 6.92 Å². The number of nitrogens with zero attached hydrogens (tertiary/aromatic N) is 1. The molecule has 18 heavy (non-hydrogen) atoms. The average molecular weight is 247 g/mol. The first kappa shape index (κ1) is 12.6. The van der Waals surface area contributed by atoms with E-state index in [0.717, 1.165) is 17.7 Å². The molecule has 0 spiro atoms. The molecule has 0 aliphatic carbocycles. The number of hydrogen-bond acceptors (Lipinski definition) is 4. The van der Waals surface area contributed by atoms with E-state index in [0.29, 0.717) is 13.0 Å². The van der Waals surface area contributed by atoms with Gasteiger partial charge in [0.25, 0.3) is 0 Å². The molecule has 0 fully saturated rings. The minimum atomic E-state index is -0.556. The Morgan fingerprint density at radius 1 is 1.44 bits per heavy atom. The Morgan fingerprint density at radius 2 is 2.17 bits per heavy atom. The van der Waals surface area contributed by atoms with Gasteiger partial charge < -0.3 is 9.57 Å². The summed E-state index contributed by atoms with van der Waals surface area (Å²) in [6, 6.07) is 8.11. The maximum absolute atomic E-state index is 11.5. The van der Waals surface area contributed by atoms with Crippen LogP contribution in [0.5, 0.6) is 0 Å². The summed E-state index contributed by atoms with van der Waals surface area (Å²) in [5.41, 5.74) is 3.14. The molecule has 1 unspecified atom stereocenters. The normalized spacial score (nSPS) is 18.8. The zero-order valence-corrected chi connectivity index (χ0v) is 10.7. The van der Waals surface area contributed by atoms with E-state index in [-0.39, 0.29) is 5.97 Å². The molecule has 1 atom stereocenters. The molecule has 96 valence electrons. The number of aryl methyl sites for hydroxylation is 1. The summed E-state index contributed by atoms with van der Waals surface area (Å²) in [5, 5.41) is 4.03. The van der Waals surface area contributed by atoms with Crippen molar-refractivity contribution in [1.82, 2.24) is 0 Å². The topological polar surface area (TPSA) is 47.9 Å². The lowest BCUT2D eigenvalue weighted by molar-refractivity contribution is -0.157. The van der Waals surface area contributed by atoms with Crippen LogP contribution in [0.15, 0.2) is 29.4 Å². The molecular weight excluding hydrogens is 230 g/mol. The Kier molecular flexibility index (Phi) is 3.97. The van der Waals surface area contributed by atoms with Crippen molar-refractivity contribution in [3.8, 4) is 0 Å². The van der Waals surface area contributed by atoms with E-state index in [9.17, 15) is 4.79 Å². The van der Waals surface area contributed by atoms with Gasteiger partial charge in [-0.15, -0.1) is 0 Å². The van der Waals surface area contributed by atoms with Crippen LogP contribution in [0.3, 0.4) is 0 Å². The van der Waals surface area contributed by atoms with Gasteiger partial charge in [0, 0.05) is 6.42 Å². The molecule has 1 aromatic carbocycles. The Morgan fingerprint density at radius 3 is 2.72 bits per heavy atom. The van der Waals surface area contributed by atoms with Gasteiger partial charge in [-0.25, -0.2) is 4.79 Å². The Balaban J connectivity index is 2.02. The molecule has 0 aromatic heterocycles. The van der Waals surface area contributed by atoms with Crippen LogP contribution in [0, 0.1) is 6.92 Å². The SMILES string of the molecule is CCOC(=O)C1CCC(c2ccc(C)cc2)=NO1. The average Bonchev–Trinajstić information content (AvgIpc) is 2.40. The van der Waals surface area contributed by atoms with Crippen LogP contribution in [-0.2, 0) is 14.4 Å². The molecule has 0 amide bonds. The van der Waals surface area contributed by atoms with Crippen molar-refractivity contribution in [3.05, 3.63) is 35.4 Å². The summed E-state index contributed by atoms with van der Waals surface area (Å²) in [7, 11) is 0. The van der Waals surface area contributed by atoms with Gasteiger partial charge in [0.2, 0.25) is 6.10 Å². The van der Waals surface area contributed by atoms with Crippen molar-refractivity contribution in [3.63, 3.8) is 0 Å². The van der Waals surface area contributed by atoms with Gasteiger partial charge in [-0.2, -0.15) is 0 Å². The van der Waals surface area contributed by atoms with Crippen LogP contribution >= 0.6 is 0 Å². The number of benzene rings is 1. The van der Waals surface area contributed by atoms with Gasteiger partial charge in [0.15, 0.2) is 0 Å². The number of oxime groups is 1. The molecule has 4 heteroatoms. The summed E-state index contributed by atoms with van der Waals surface area (Å²) in [4.78, 5) is 16.7. The molecule has 0 bridgehead atoms. The first-order chi connectivity index (χ1) is 8.70. The fraction of sp³-hybridized carbons (Fsp3) is 0.429. The van der Waals surface area contributed by atoms with Gasteiger partial charge in [-0.3, -0.25) is 0 Å². The molecule has 1 aromatic rings. The van der Waals surface area contributed by atoms with E-state index in [2.05, 4.69) is 5.16 Å². The van der Waals surface area contributed by atoms with Gasteiger partial charge in [0.05, 0.1) is 12.3 Å². The van der Waals surface area contributed by atoms with Gasteiger partial charge in [-0.05, 0) is 25.8 Å². The fourth-order valence-corrected chi connectivity index (χ4v) is 1.83. The summed E-state index contributed by atoms with van der Waals surface area (Å²) < 4.78 is 4.90. The lowest BCUT2D eigenvalue weighted by Crippen LogP contribution is -2.29. The van der Waals surface area contributed by atoms with Crippen LogP contribution < -0.4 is 0 Å². The zero-order chi connectivity index (χ0) is 13.0. The van der Waals surface area contributed by atoms with Gasteiger partial charge in [-0.1, -0.05) is 35.0 Å². The number of rotatable bonds is 3. The minimum Gasteiger partial charge on any atom is -0.463 e. The molecule has 1 heterocycles. The molecule has 0 radical (unpaired) electrons. The van der Waals surface area contributed by atoms with E-state index in [4.69, 9.17) is 9.57 Å². The summed E-state index contributed by atoms with van der Waals surface area (Å²) in [5.74, 6) is -0.329. The lowest BCUT2D eigenvalue weighted by atomic mass is 10.0. The second-order valence-corrected chi connectivity index (χ2v) is 4.29. The summed E-state index contributed by atoms with van der Waals surface area (Å²) in [6.45, 7) is 4.19. The zero-order valence-electron chi connectivity index (χ0n) is 10.7. The van der Waals surface area contributed by atoms with Crippen molar-refractivity contribution in [1.29, 1.82) is 0 Å². The van der Waals surface area contributed by atoms with Gasteiger partial charge >= 0.3 is 5.97 Å². The Labute approximate surface area is 107 Å². The monoisotopic (exact) mass is 247 g/mol. The molecule has 2 rings (SSSR count). The van der Waals surface area contributed by atoms with Crippen LogP contribution in [-0.4, -0.2) is 24.4 Å². The van der Waals surface area contributed by atoms with Crippen LogP contribution in [0.1, 0.15) is 30.9 Å². The minimum absolute atomic E-state index is 0.329. The van der Waals surface area contributed by atoms with Crippen LogP contribution in [0.4, 0.5) is 0 Å². The largest absolute Gasteiger partial charge is 0.463 e. The molecular formula is C14H17NO3.